The van der Waals surface area contributed by atoms with Crippen LogP contribution in [-0.4, -0.2) is 40.2 Å². The molecule has 4 fully saturated rings. The van der Waals surface area contributed by atoms with Crippen molar-refractivity contribution < 1.29 is 24.9 Å². The van der Waals surface area contributed by atoms with Crippen molar-refractivity contribution >= 4 is 6.09 Å². The van der Waals surface area contributed by atoms with E-state index in [2.05, 4.69) is 33.0 Å². The molecule has 0 unspecified atom stereocenters. The monoisotopic (exact) mass is 541 g/mol. The standard InChI is InChI=1S/C33H51NO5/c1-5-24-28-18-23(36)12-15-33(28,4)27-13-16-32(3)25(10-11-26(32)29(27)30(24)37)20(2)14-17-39-31(38)34-19-21-6-8-22(35)9-7-21/h6-9,20,23-30,35-37H,5,10-19H2,1-4H3,(H,34,38)/t20-,23-,24-,25-,26+,27+,28+,29+,30-,32-,33-/m1/s1. The predicted octanol–water partition coefficient (Wildman–Crippen LogP) is 6.27. The molecule has 1 aromatic rings. The van der Waals surface area contributed by atoms with E-state index >= 15 is 0 Å². The highest BCUT2D eigenvalue weighted by Gasteiger charge is 2.64. The van der Waals surface area contributed by atoms with Gasteiger partial charge >= 0.3 is 6.09 Å². The molecular weight excluding hydrogens is 490 g/mol. The second-order valence-corrected chi connectivity index (χ2v) is 14.0. The van der Waals surface area contributed by atoms with Gasteiger partial charge in [0.25, 0.3) is 0 Å². The van der Waals surface area contributed by atoms with Crippen LogP contribution in [-0.2, 0) is 11.3 Å². The fourth-order valence-corrected chi connectivity index (χ4v) is 10.3. The lowest BCUT2D eigenvalue weighted by molar-refractivity contribution is -0.203. The van der Waals surface area contributed by atoms with Gasteiger partial charge < -0.3 is 25.4 Å². The molecule has 0 saturated heterocycles. The van der Waals surface area contributed by atoms with Crippen molar-refractivity contribution in [3.63, 3.8) is 0 Å². The van der Waals surface area contributed by atoms with E-state index in [4.69, 9.17) is 4.74 Å². The average Bonchev–Trinajstić information content (AvgIpc) is 3.27. The number of aliphatic hydroxyl groups excluding tert-OH is 2. The third-order valence-corrected chi connectivity index (χ3v) is 12.3. The summed E-state index contributed by atoms with van der Waals surface area (Å²) in [6.45, 7) is 10.3. The van der Waals surface area contributed by atoms with Gasteiger partial charge in [0.05, 0.1) is 18.8 Å². The number of carbonyl (C=O) groups excluding carboxylic acids is 1. The molecule has 1 amide bonds. The predicted molar refractivity (Wildman–Crippen MR) is 152 cm³/mol. The van der Waals surface area contributed by atoms with Gasteiger partial charge in [0, 0.05) is 6.54 Å². The first-order valence-corrected chi connectivity index (χ1v) is 15.6. The summed E-state index contributed by atoms with van der Waals surface area (Å²) in [4.78, 5) is 12.3. The van der Waals surface area contributed by atoms with Crippen LogP contribution < -0.4 is 5.32 Å². The Labute approximate surface area is 234 Å². The van der Waals surface area contributed by atoms with Crippen LogP contribution in [0.2, 0.25) is 0 Å². The van der Waals surface area contributed by atoms with Crippen LogP contribution >= 0.6 is 0 Å². The zero-order valence-electron chi connectivity index (χ0n) is 24.4. The second kappa shape index (κ2) is 11.2. The molecule has 11 atom stereocenters. The normalized spacial score (nSPS) is 42.1. The highest BCUT2D eigenvalue weighted by Crippen LogP contribution is 2.69. The number of carbonyl (C=O) groups is 1. The number of ether oxygens (including phenoxy) is 1. The van der Waals surface area contributed by atoms with Gasteiger partial charge in [-0.2, -0.15) is 0 Å². The summed E-state index contributed by atoms with van der Waals surface area (Å²) < 4.78 is 5.54. The summed E-state index contributed by atoms with van der Waals surface area (Å²) in [7, 11) is 0. The minimum absolute atomic E-state index is 0.205. The smallest absolute Gasteiger partial charge is 0.407 e. The summed E-state index contributed by atoms with van der Waals surface area (Å²) in [5.41, 5.74) is 1.37. The molecule has 0 aliphatic heterocycles. The van der Waals surface area contributed by atoms with Crippen molar-refractivity contribution in [2.75, 3.05) is 6.61 Å². The topological polar surface area (TPSA) is 99.0 Å². The lowest BCUT2D eigenvalue weighted by Crippen LogP contribution is -2.62. The fourth-order valence-electron chi connectivity index (χ4n) is 10.3. The molecule has 4 aliphatic carbocycles. The maximum Gasteiger partial charge on any atom is 0.407 e. The van der Waals surface area contributed by atoms with Crippen LogP contribution in [0.15, 0.2) is 24.3 Å². The number of hydrogen-bond donors (Lipinski definition) is 4. The minimum Gasteiger partial charge on any atom is -0.508 e. The number of nitrogens with one attached hydrogen (secondary N) is 1. The maximum absolute atomic E-state index is 12.3. The van der Waals surface area contributed by atoms with E-state index < -0.39 is 6.09 Å². The Hall–Kier alpha value is -1.79. The number of amides is 1. The van der Waals surface area contributed by atoms with Crippen LogP contribution in [0.5, 0.6) is 5.75 Å². The summed E-state index contributed by atoms with van der Waals surface area (Å²) in [6, 6.07) is 6.79. The van der Waals surface area contributed by atoms with Gasteiger partial charge in [0.1, 0.15) is 5.75 Å². The SMILES string of the molecule is CC[C@H]1[C@@H](O)[C@@H]2[C@H](CC[C@]3(C)[C@@H]([C@H](C)CCOC(=O)NCc4ccc(O)cc4)CC[C@@H]23)[C@@]2(C)CC[C@@H](O)C[C@@H]12. The summed E-state index contributed by atoms with van der Waals surface area (Å²) in [6.07, 6.45) is 8.64. The molecule has 4 aliphatic rings. The van der Waals surface area contributed by atoms with Gasteiger partial charge in [-0.05, 0) is 121 Å². The number of phenols is 1. The molecule has 218 valence electrons. The van der Waals surface area contributed by atoms with Crippen molar-refractivity contribution in [2.45, 2.75) is 104 Å². The number of phenolic OH excluding ortho intramolecular Hbond substituents is 1. The number of rotatable bonds is 7. The largest absolute Gasteiger partial charge is 0.508 e. The molecule has 0 bridgehead atoms. The Bertz CT molecular complexity index is 998. The molecule has 39 heavy (non-hydrogen) atoms. The van der Waals surface area contributed by atoms with E-state index in [-0.39, 0.29) is 28.8 Å². The van der Waals surface area contributed by atoms with E-state index in [0.29, 0.717) is 54.6 Å². The molecule has 0 aromatic heterocycles. The van der Waals surface area contributed by atoms with Gasteiger partial charge in [-0.1, -0.05) is 46.2 Å². The number of alkyl carbamates (subject to hydrolysis) is 1. The van der Waals surface area contributed by atoms with Crippen molar-refractivity contribution in [2.24, 2.45) is 52.3 Å². The summed E-state index contributed by atoms with van der Waals surface area (Å²) in [5.74, 6) is 3.44. The van der Waals surface area contributed by atoms with Crippen LogP contribution in [0, 0.1) is 52.3 Å². The summed E-state index contributed by atoms with van der Waals surface area (Å²) >= 11 is 0. The van der Waals surface area contributed by atoms with Crippen molar-refractivity contribution in [1.29, 1.82) is 0 Å². The first kappa shape index (κ1) is 28.7. The lowest BCUT2D eigenvalue weighted by atomic mass is 9.41. The van der Waals surface area contributed by atoms with Crippen LogP contribution in [0.1, 0.15) is 91.0 Å². The number of aliphatic hydroxyl groups is 2. The molecule has 0 radical (unpaired) electrons. The van der Waals surface area contributed by atoms with E-state index in [1.54, 1.807) is 24.3 Å². The van der Waals surface area contributed by atoms with Crippen molar-refractivity contribution in [1.82, 2.24) is 5.32 Å². The lowest BCUT2D eigenvalue weighted by Gasteiger charge is -2.64. The number of aromatic hydroxyl groups is 1. The molecule has 0 heterocycles. The third-order valence-electron chi connectivity index (χ3n) is 12.3. The van der Waals surface area contributed by atoms with E-state index in [1.807, 2.05) is 0 Å². The van der Waals surface area contributed by atoms with E-state index in [0.717, 1.165) is 37.7 Å². The fraction of sp³-hybridized carbons (Fsp3) is 0.788. The zero-order valence-corrected chi connectivity index (χ0v) is 24.4. The Morgan fingerprint density at radius 3 is 2.44 bits per heavy atom. The highest BCUT2D eigenvalue weighted by molar-refractivity contribution is 5.67. The van der Waals surface area contributed by atoms with Gasteiger partial charge in [0.2, 0.25) is 0 Å². The van der Waals surface area contributed by atoms with Crippen molar-refractivity contribution in [3.05, 3.63) is 29.8 Å². The zero-order chi connectivity index (χ0) is 27.9. The molecule has 6 nitrogen and oxygen atoms in total. The Morgan fingerprint density at radius 1 is 1.03 bits per heavy atom. The van der Waals surface area contributed by atoms with Gasteiger partial charge in [-0.3, -0.25) is 0 Å². The van der Waals surface area contributed by atoms with Crippen LogP contribution in [0.3, 0.4) is 0 Å². The molecule has 5 rings (SSSR count). The molecule has 4 saturated carbocycles. The molecular formula is C33H51NO5. The third kappa shape index (κ3) is 5.21. The summed E-state index contributed by atoms with van der Waals surface area (Å²) in [5, 5.41) is 34.6. The Morgan fingerprint density at radius 2 is 1.72 bits per heavy atom. The quantitative estimate of drug-likeness (QED) is 0.326. The van der Waals surface area contributed by atoms with Crippen LogP contribution in [0.25, 0.3) is 0 Å². The van der Waals surface area contributed by atoms with Gasteiger partial charge in [0.15, 0.2) is 0 Å². The minimum atomic E-state index is -0.400. The second-order valence-electron chi connectivity index (χ2n) is 14.0. The number of benzene rings is 1. The van der Waals surface area contributed by atoms with Gasteiger partial charge in [-0.25, -0.2) is 4.79 Å². The molecule has 4 N–H and O–H groups in total. The van der Waals surface area contributed by atoms with E-state index in [9.17, 15) is 20.1 Å². The molecule has 6 heteroatoms. The number of fused-ring (bicyclic) bond motifs is 5. The average molecular weight is 542 g/mol. The number of hydrogen-bond acceptors (Lipinski definition) is 5. The van der Waals surface area contributed by atoms with Gasteiger partial charge in [-0.15, -0.1) is 0 Å². The molecule has 0 spiro atoms. The van der Waals surface area contributed by atoms with E-state index in [1.165, 1.54) is 25.7 Å². The first-order valence-electron chi connectivity index (χ1n) is 15.6. The van der Waals surface area contributed by atoms with Crippen molar-refractivity contribution in [3.8, 4) is 5.75 Å². The Kier molecular flexibility index (Phi) is 8.28. The highest BCUT2D eigenvalue weighted by atomic mass is 16.5. The Balaban J connectivity index is 1.19. The van der Waals surface area contributed by atoms with Crippen LogP contribution in [0.4, 0.5) is 4.79 Å². The molecule has 1 aromatic carbocycles. The maximum atomic E-state index is 12.3. The first-order chi connectivity index (χ1) is 18.6.